The van der Waals surface area contributed by atoms with Crippen molar-refractivity contribution in [3.63, 3.8) is 0 Å². The van der Waals surface area contributed by atoms with Crippen molar-refractivity contribution >= 4 is 11.8 Å². The number of hydrogen-bond donors (Lipinski definition) is 0. The van der Waals surface area contributed by atoms with Gasteiger partial charge in [0.2, 0.25) is 0 Å². The average Bonchev–Trinajstić information content (AvgIpc) is 3.38. The van der Waals surface area contributed by atoms with E-state index in [1.807, 2.05) is 16.7 Å². The lowest BCUT2D eigenvalue weighted by molar-refractivity contribution is 0.282. The molecule has 2 aromatic heterocycles. The second-order valence-corrected chi connectivity index (χ2v) is 11.0. The first kappa shape index (κ1) is 22.4. The molecule has 0 bridgehead atoms. The van der Waals surface area contributed by atoms with Gasteiger partial charge in [-0.15, -0.1) is 0 Å². The van der Waals surface area contributed by atoms with Crippen LogP contribution in [0.1, 0.15) is 60.1 Å². The molecule has 0 radical (unpaired) electrons. The molecule has 1 spiro atoms. The maximum atomic E-state index is 14.4. The van der Waals surface area contributed by atoms with Crippen LogP contribution in [0.5, 0.6) is 0 Å². The van der Waals surface area contributed by atoms with Crippen LogP contribution in [-0.4, -0.2) is 9.55 Å². The Bertz CT molecular complexity index is 1410. The molecule has 0 atom stereocenters. The maximum absolute atomic E-state index is 14.4. The Morgan fingerprint density at radius 3 is 2.69 bits per heavy atom. The van der Waals surface area contributed by atoms with E-state index in [4.69, 9.17) is 9.40 Å². The molecule has 0 aliphatic heterocycles. The van der Waals surface area contributed by atoms with E-state index in [1.54, 1.807) is 18.0 Å². The summed E-state index contributed by atoms with van der Waals surface area (Å²) < 4.78 is 7.53. The lowest BCUT2D eigenvalue weighted by Gasteiger charge is -2.42. The Labute approximate surface area is 210 Å². The van der Waals surface area contributed by atoms with E-state index < -0.39 is 0 Å². The van der Waals surface area contributed by atoms with Crippen LogP contribution in [0.4, 0.5) is 0 Å². The van der Waals surface area contributed by atoms with Crippen molar-refractivity contribution in [3.8, 4) is 11.3 Å². The number of nitrogens with zero attached hydrogens (tertiary/aromatic N) is 2. The fourth-order valence-corrected chi connectivity index (χ4v) is 6.91. The van der Waals surface area contributed by atoms with Crippen LogP contribution >= 0.6 is 11.8 Å². The van der Waals surface area contributed by atoms with Crippen molar-refractivity contribution in [1.29, 1.82) is 0 Å². The molecule has 178 valence electrons. The minimum atomic E-state index is -0.114. The highest BCUT2D eigenvalue weighted by Crippen LogP contribution is 2.48. The number of hydrogen-bond acceptors (Lipinski definition) is 4. The molecule has 0 unspecified atom stereocenters. The van der Waals surface area contributed by atoms with Gasteiger partial charge >= 0.3 is 0 Å². The van der Waals surface area contributed by atoms with Gasteiger partial charge in [0.15, 0.2) is 5.16 Å². The number of thioether (sulfide) groups is 1. The molecule has 1 saturated carbocycles. The molecule has 4 aromatic rings. The third kappa shape index (κ3) is 4.16. The van der Waals surface area contributed by atoms with Crippen LogP contribution < -0.4 is 5.56 Å². The smallest absolute Gasteiger partial charge is 0.258 e. The lowest BCUT2D eigenvalue weighted by Crippen LogP contribution is -2.43. The minimum Gasteiger partial charge on any atom is -0.467 e. The molecular weight excluding hydrogens is 452 g/mol. The highest BCUT2D eigenvalue weighted by molar-refractivity contribution is 7.98. The molecule has 2 aliphatic rings. The molecule has 1 fully saturated rings. The van der Waals surface area contributed by atoms with Crippen molar-refractivity contribution in [2.24, 2.45) is 0 Å². The van der Waals surface area contributed by atoms with E-state index in [-0.39, 0.29) is 11.0 Å². The number of aromatic nitrogens is 2. The van der Waals surface area contributed by atoms with E-state index in [0.717, 1.165) is 52.8 Å². The first-order valence-corrected chi connectivity index (χ1v) is 13.6. The van der Waals surface area contributed by atoms with E-state index in [0.29, 0.717) is 6.54 Å². The van der Waals surface area contributed by atoms with Crippen LogP contribution in [0.25, 0.3) is 11.3 Å². The van der Waals surface area contributed by atoms with Gasteiger partial charge in [0.1, 0.15) is 5.76 Å². The molecule has 6 rings (SSSR count). The van der Waals surface area contributed by atoms with Gasteiger partial charge < -0.3 is 4.42 Å². The van der Waals surface area contributed by atoms with Crippen molar-refractivity contribution in [3.05, 3.63) is 105 Å². The van der Waals surface area contributed by atoms with Gasteiger partial charge in [0.25, 0.3) is 5.56 Å². The highest BCUT2D eigenvalue weighted by Gasteiger charge is 2.43. The summed E-state index contributed by atoms with van der Waals surface area (Å²) in [7, 11) is 0. The molecule has 5 heteroatoms. The largest absolute Gasteiger partial charge is 0.467 e. The molecule has 0 saturated heterocycles. The van der Waals surface area contributed by atoms with Crippen molar-refractivity contribution in [2.75, 3.05) is 0 Å². The zero-order chi connectivity index (χ0) is 23.8. The summed E-state index contributed by atoms with van der Waals surface area (Å²) in [6.45, 7) is 2.51. The Morgan fingerprint density at radius 1 is 1.03 bits per heavy atom. The fourth-order valence-electron chi connectivity index (χ4n) is 5.98. The fraction of sp³-hybridized carbons (Fsp3) is 0.333. The zero-order valence-corrected chi connectivity index (χ0v) is 20.9. The number of furan rings is 1. The molecule has 2 aliphatic carbocycles. The summed E-state index contributed by atoms with van der Waals surface area (Å²) in [5.74, 6) is 1.54. The van der Waals surface area contributed by atoms with Crippen LogP contribution in [-0.2, 0) is 24.1 Å². The Balaban J connectivity index is 1.52. The molecule has 2 heterocycles. The second-order valence-electron chi connectivity index (χ2n) is 10.0. The molecule has 4 nitrogen and oxygen atoms in total. The minimum absolute atomic E-state index is 0.106. The normalized spacial score (nSPS) is 16.1. The van der Waals surface area contributed by atoms with Gasteiger partial charge in [0.05, 0.1) is 24.1 Å². The SMILES string of the molecule is Cc1cccc(CSc2nc3c(c(=O)n2Cc2ccco2)C2(CCCCC2)Cc2ccccc2-3)c1. The molecular formula is C30H30N2O2S. The number of benzene rings is 2. The van der Waals surface area contributed by atoms with Gasteiger partial charge in [-0.1, -0.05) is 85.1 Å². The summed E-state index contributed by atoms with van der Waals surface area (Å²) in [5.41, 5.74) is 6.75. The maximum Gasteiger partial charge on any atom is 0.258 e. The van der Waals surface area contributed by atoms with Gasteiger partial charge in [-0.25, -0.2) is 4.98 Å². The van der Waals surface area contributed by atoms with Crippen LogP contribution in [0.2, 0.25) is 0 Å². The predicted octanol–water partition coefficient (Wildman–Crippen LogP) is 6.91. The number of rotatable bonds is 5. The summed E-state index contributed by atoms with van der Waals surface area (Å²) in [6.07, 6.45) is 8.31. The van der Waals surface area contributed by atoms with Crippen LogP contribution in [0.15, 0.2) is 81.3 Å². The van der Waals surface area contributed by atoms with Gasteiger partial charge in [-0.3, -0.25) is 9.36 Å². The Hall–Kier alpha value is -3.05. The topological polar surface area (TPSA) is 48.0 Å². The summed E-state index contributed by atoms with van der Waals surface area (Å²) in [4.78, 5) is 19.6. The zero-order valence-electron chi connectivity index (χ0n) is 20.1. The molecule has 0 N–H and O–H groups in total. The van der Waals surface area contributed by atoms with Crippen LogP contribution in [0.3, 0.4) is 0 Å². The third-order valence-corrected chi connectivity index (χ3v) is 8.67. The van der Waals surface area contributed by atoms with Crippen molar-refractivity contribution in [1.82, 2.24) is 9.55 Å². The van der Waals surface area contributed by atoms with Gasteiger partial charge in [-0.05, 0) is 49.4 Å². The quantitative estimate of drug-likeness (QED) is 0.229. The summed E-state index contributed by atoms with van der Waals surface area (Å²) in [6, 6.07) is 20.9. The van der Waals surface area contributed by atoms with E-state index >= 15 is 0 Å². The van der Waals surface area contributed by atoms with Crippen LogP contribution in [0, 0.1) is 6.92 Å². The Kier molecular flexibility index (Phi) is 5.89. The number of fused-ring (bicyclic) bond motifs is 4. The van der Waals surface area contributed by atoms with E-state index in [2.05, 4.69) is 55.5 Å². The van der Waals surface area contributed by atoms with Crippen molar-refractivity contribution in [2.45, 2.75) is 68.3 Å². The average molecular weight is 483 g/mol. The molecule has 2 aromatic carbocycles. The number of aryl methyl sites for hydroxylation is 1. The summed E-state index contributed by atoms with van der Waals surface area (Å²) in [5, 5.41) is 0.759. The highest BCUT2D eigenvalue weighted by atomic mass is 32.2. The van der Waals surface area contributed by atoms with Crippen molar-refractivity contribution < 1.29 is 4.42 Å². The third-order valence-electron chi connectivity index (χ3n) is 7.62. The standard InChI is InChI=1S/C30H30N2O2S/c1-21-9-7-10-22(17-21)20-35-29-31-27-25-13-4-3-11-23(25)18-30(14-5-2-6-15-30)26(27)28(33)32(29)19-24-12-8-16-34-24/h3-4,7-13,16-17H,2,5-6,14-15,18-20H2,1H3. The Morgan fingerprint density at radius 2 is 1.89 bits per heavy atom. The molecule has 0 amide bonds. The van der Waals surface area contributed by atoms with Gasteiger partial charge in [-0.2, -0.15) is 0 Å². The van der Waals surface area contributed by atoms with E-state index in [9.17, 15) is 4.79 Å². The lowest BCUT2D eigenvalue weighted by atomic mass is 9.62. The predicted molar refractivity (Wildman–Crippen MR) is 141 cm³/mol. The molecule has 35 heavy (non-hydrogen) atoms. The first-order chi connectivity index (χ1) is 17.1. The second kappa shape index (κ2) is 9.19. The summed E-state index contributed by atoms with van der Waals surface area (Å²) >= 11 is 1.64. The van der Waals surface area contributed by atoms with Gasteiger partial charge in [0, 0.05) is 16.7 Å². The first-order valence-electron chi connectivity index (χ1n) is 12.6. The monoisotopic (exact) mass is 482 g/mol. The van der Waals surface area contributed by atoms with E-state index in [1.165, 1.54) is 36.0 Å².